The van der Waals surface area contributed by atoms with Crippen LogP contribution in [0.2, 0.25) is 0 Å². The Morgan fingerprint density at radius 2 is 2.06 bits per heavy atom. The summed E-state index contributed by atoms with van der Waals surface area (Å²) in [6.45, 7) is 6.49. The van der Waals surface area contributed by atoms with Crippen molar-refractivity contribution in [1.82, 2.24) is 5.32 Å². The van der Waals surface area contributed by atoms with E-state index in [0.29, 0.717) is 6.04 Å². The summed E-state index contributed by atoms with van der Waals surface area (Å²) in [5.74, 6) is -0.152. The topological polar surface area (TPSA) is 12.0 Å². The molecule has 0 saturated carbocycles. The van der Waals surface area contributed by atoms with Gasteiger partial charge in [-0.2, -0.15) is 0 Å². The zero-order valence-corrected chi connectivity index (χ0v) is 10.5. The van der Waals surface area contributed by atoms with Crippen LogP contribution in [0.3, 0.4) is 0 Å². The number of halogens is 1. The molecule has 0 aliphatic carbocycles. The molecule has 0 bridgehead atoms. The van der Waals surface area contributed by atoms with Crippen molar-refractivity contribution in [1.29, 1.82) is 0 Å². The van der Waals surface area contributed by atoms with Gasteiger partial charge >= 0.3 is 0 Å². The van der Waals surface area contributed by atoms with E-state index in [1.165, 1.54) is 12.5 Å². The Bertz CT molecular complexity index is 311. The van der Waals surface area contributed by atoms with E-state index in [4.69, 9.17) is 0 Å². The van der Waals surface area contributed by atoms with Gasteiger partial charge in [0.15, 0.2) is 0 Å². The number of nitrogens with one attached hydrogen (secondary N) is 1. The van der Waals surface area contributed by atoms with Crippen LogP contribution < -0.4 is 5.32 Å². The normalized spacial score (nSPS) is 14.8. The lowest BCUT2D eigenvalue weighted by Crippen LogP contribution is -2.30. The SMILES string of the molecule is CCCC(C)NC(CC)c1cccc(F)c1. The Labute approximate surface area is 98.1 Å². The Morgan fingerprint density at radius 3 is 2.62 bits per heavy atom. The predicted octanol–water partition coefficient (Wildman–Crippen LogP) is 4.06. The van der Waals surface area contributed by atoms with Gasteiger partial charge in [-0.25, -0.2) is 4.39 Å². The van der Waals surface area contributed by atoms with E-state index in [0.717, 1.165) is 18.4 Å². The molecule has 0 aliphatic rings. The second-order valence-corrected chi connectivity index (χ2v) is 4.37. The molecule has 2 unspecified atom stereocenters. The minimum Gasteiger partial charge on any atom is -0.307 e. The summed E-state index contributed by atoms with van der Waals surface area (Å²) in [5, 5.41) is 3.54. The molecule has 0 radical (unpaired) electrons. The maximum absolute atomic E-state index is 13.1. The molecule has 2 atom stereocenters. The highest BCUT2D eigenvalue weighted by atomic mass is 19.1. The highest BCUT2D eigenvalue weighted by molar-refractivity contribution is 5.20. The molecule has 90 valence electrons. The van der Waals surface area contributed by atoms with Gasteiger partial charge in [0.05, 0.1) is 0 Å². The van der Waals surface area contributed by atoms with E-state index in [1.807, 2.05) is 6.07 Å². The van der Waals surface area contributed by atoms with Gasteiger partial charge in [-0.3, -0.25) is 0 Å². The molecule has 0 aliphatic heterocycles. The van der Waals surface area contributed by atoms with E-state index in [9.17, 15) is 4.39 Å². The largest absolute Gasteiger partial charge is 0.307 e. The van der Waals surface area contributed by atoms with Crippen LogP contribution in [0.15, 0.2) is 24.3 Å². The maximum atomic E-state index is 13.1. The highest BCUT2D eigenvalue weighted by Gasteiger charge is 2.12. The Balaban J connectivity index is 2.67. The summed E-state index contributed by atoms with van der Waals surface area (Å²) in [5.41, 5.74) is 1.05. The molecule has 0 fully saturated rings. The lowest BCUT2D eigenvalue weighted by molar-refractivity contribution is 0.423. The van der Waals surface area contributed by atoms with Crippen LogP contribution in [-0.4, -0.2) is 6.04 Å². The second-order valence-electron chi connectivity index (χ2n) is 4.37. The van der Waals surface area contributed by atoms with Crippen molar-refractivity contribution in [2.45, 2.75) is 52.1 Å². The highest BCUT2D eigenvalue weighted by Crippen LogP contribution is 2.18. The standard InChI is InChI=1S/C14H22FN/c1-4-7-11(3)16-14(5-2)12-8-6-9-13(15)10-12/h6,8-11,14,16H,4-5,7H2,1-3H3. The van der Waals surface area contributed by atoms with Crippen molar-refractivity contribution in [2.24, 2.45) is 0 Å². The second kappa shape index (κ2) is 6.64. The van der Waals surface area contributed by atoms with E-state index < -0.39 is 0 Å². The van der Waals surface area contributed by atoms with Gasteiger partial charge in [0.2, 0.25) is 0 Å². The van der Waals surface area contributed by atoms with Gasteiger partial charge in [-0.15, -0.1) is 0 Å². The van der Waals surface area contributed by atoms with Crippen LogP contribution in [0.1, 0.15) is 51.6 Å². The Hall–Kier alpha value is -0.890. The molecule has 0 spiro atoms. The fourth-order valence-corrected chi connectivity index (χ4v) is 2.03. The Kier molecular flexibility index (Phi) is 5.47. The predicted molar refractivity (Wildman–Crippen MR) is 66.9 cm³/mol. The van der Waals surface area contributed by atoms with Gasteiger partial charge in [-0.1, -0.05) is 32.4 Å². The monoisotopic (exact) mass is 223 g/mol. The van der Waals surface area contributed by atoms with Crippen LogP contribution in [0.25, 0.3) is 0 Å². The summed E-state index contributed by atoms with van der Waals surface area (Å²) in [6.07, 6.45) is 3.32. The summed E-state index contributed by atoms with van der Waals surface area (Å²) < 4.78 is 13.1. The van der Waals surface area contributed by atoms with Gasteiger partial charge in [0.25, 0.3) is 0 Å². The summed E-state index contributed by atoms with van der Waals surface area (Å²) >= 11 is 0. The molecule has 1 aromatic carbocycles. The summed E-state index contributed by atoms with van der Waals surface area (Å²) in [4.78, 5) is 0. The smallest absolute Gasteiger partial charge is 0.123 e. The molecular formula is C14H22FN. The number of benzene rings is 1. The first-order valence-corrected chi connectivity index (χ1v) is 6.18. The van der Waals surface area contributed by atoms with Crippen molar-refractivity contribution in [3.05, 3.63) is 35.6 Å². The average Bonchev–Trinajstić information content (AvgIpc) is 2.26. The lowest BCUT2D eigenvalue weighted by Gasteiger charge is -2.22. The molecule has 0 aromatic heterocycles. The molecule has 1 aromatic rings. The van der Waals surface area contributed by atoms with E-state index in [-0.39, 0.29) is 11.9 Å². The van der Waals surface area contributed by atoms with Gasteiger partial charge in [-0.05, 0) is 37.5 Å². The third-order valence-corrected chi connectivity index (χ3v) is 2.87. The minimum absolute atomic E-state index is 0.152. The molecule has 1 N–H and O–H groups in total. The molecule has 0 saturated heterocycles. The van der Waals surface area contributed by atoms with Crippen LogP contribution >= 0.6 is 0 Å². The molecule has 2 heteroatoms. The van der Waals surface area contributed by atoms with Crippen molar-refractivity contribution in [3.63, 3.8) is 0 Å². The number of rotatable bonds is 6. The fourth-order valence-electron chi connectivity index (χ4n) is 2.03. The first-order chi connectivity index (χ1) is 7.67. The fraction of sp³-hybridized carbons (Fsp3) is 0.571. The van der Waals surface area contributed by atoms with Gasteiger partial charge < -0.3 is 5.32 Å². The van der Waals surface area contributed by atoms with E-state index in [2.05, 4.69) is 26.1 Å². The summed E-state index contributed by atoms with van der Waals surface area (Å²) in [6, 6.07) is 7.63. The zero-order chi connectivity index (χ0) is 12.0. The summed E-state index contributed by atoms with van der Waals surface area (Å²) in [7, 11) is 0. The third-order valence-electron chi connectivity index (χ3n) is 2.87. The number of hydrogen-bond donors (Lipinski definition) is 1. The first kappa shape index (κ1) is 13.2. The minimum atomic E-state index is -0.152. The van der Waals surface area contributed by atoms with E-state index >= 15 is 0 Å². The van der Waals surface area contributed by atoms with Crippen LogP contribution in [0, 0.1) is 5.82 Å². The molecule has 16 heavy (non-hydrogen) atoms. The molecule has 1 rings (SSSR count). The van der Waals surface area contributed by atoms with Crippen molar-refractivity contribution in [3.8, 4) is 0 Å². The van der Waals surface area contributed by atoms with Gasteiger partial charge in [0, 0.05) is 12.1 Å². The van der Waals surface area contributed by atoms with Crippen molar-refractivity contribution >= 4 is 0 Å². The van der Waals surface area contributed by atoms with Crippen LogP contribution in [0.5, 0.6) is 0 Å². The number of hydrogen-bond acceptors (Lipinski definition) is 1. The van der Waals surface area contributed by atoms with Crippen molar-refractivity contribution in [2.75, 3.05) is 0 Å². The first-order valence-electron chi connectivity index (χ1n) is 6.18. The van der Waals surface area contributed by atoms with Crippen LogP contribution in [0.4, 0.5) is 4.39 Å². The Morgan fingerprint density at radius 1 is 1.31 bits per heavy atom. The molecular weight excluding hydrogens is 201 g/mol. The molecule has 0 amide bonds. The quantitative estimate of drug-likeness (QED) is 0.767. The lowest BCUT2D eigenvalue weighted by atomic mass is 10.0. The zero-order valence-electron chi connectivity index (χ0n) is 10.5. The molecule has 1 nitrogen and oxygen atoms in total. The van der Waals surface area contributed by atoms with Gasteiger partial charge in [0.1, 0.15) is 5.82 Å². The average molecular weight is 223 g/mol. The van der Waals surface area contributed by atoms with Crippen LogP contribution in [-0.2, 0) is 0 Å². The third kappa shape index (κ3) is 3.93. The van der Waals surface area contributed by atoms with E-state index in [1.54, 1.807) is 12.1 Å². The maximum Gasteiger partial charge on any atom is 0.123 e. The van der Waals surface area contributed by atoms with Crippen molar-refractivity contribution < 1.29 is 4.39 Å². The molecule has 0 heterocycles.